The second-order valence-electron chi connectivity index (χ2n) is 7.65. The topological polar surface area (TPSA) is 61.1 Å². The molecule has 0 atom stereocenters. The van der Waals surface area contributed by atoms with Gasteiger partial charge in [-0.2, -0.15) is 0 Å². The number of furan rings is 1. The number of amides is 1. The zero-order valence-electron chi connectivity index (χ0n) is 15.4. The minimum atomic E-state index is -0.0187. The Morgan fingerprint density at radius 3 is 2.46 bits per heavy atom. The molecule has 2 aliphatic carbocycles. The fourth-order valence-corrected chi connectivity index (χ4v) is 4.32. The highest BCUT2D eigenvalue weighted by Gasteiger charge is 2.48. The van der Waals surface area contributed by atoms with Crippen molar-refractivity contribution in [2.24, 2.45) is 16.3 Å². The highest BCUT2D eigenvalue weighted by molar-refractivity contribution is 14.0. The molecule has 1 N–H and O–H groups in total. The Morgan fingerprint density at radius 1 is 1.27 bits per heavy atom. The summed E-state index contributed by atoms with van der Waals surface area (Å²) in [5, 5.41) is 3.63. The summed E-state index contributed by atoms with van der Waals surface area (Å²) in [5.74, 6) is 2.33. The number of hydrogen-bond donors (Lipinski definition) is 1. The van der Waals surface area contributed by atoms with Crippen molar-refractivity contribution >= 4 is 35.8 Å². The summed E-state index contributed by atoms with van der Waals surface area (Å²) in [7, 11) is 1.85. The SMILES string of the molecule is CN=C(NCC1(C2CC2)CCC1)N1CCN(C(=O)c2ccco2)CC1.I. The van der Waals surface area contributed by atoms with Crippen LogP contribution in [0.2, 0.25) is 0 Å². The molecule has 0 aromatic carbocycles. The van der Waals surface area contributed by atoms with Crippen LogP contribution in [-0.4, -0.2) is 61.4 Å². The normalized spacial score (nSPS) is 22.4. The molecule has 1 aliphatic heterocycles. The summed E-state index contributed by atoms with van der Waals surface area (Å²) in [6.45, 7) is 4.07. The second-order valence-corrected chi connectivity index (χ2v) is 7.65. The molecule has 7 heteroatoms. The van der Waals surface area contributed by atoms with Crippen molar-refractivity contribution < 1.29 is 9.21 Å². The Labute approximate surface area is 172 Å². The van der Waals surface area contributed by atoms with Crippen molar-refractivity contribution in [3.05, 3.63) is 24.2 Å². The maximum Gasteiger partial charge on any atom is 0.289 e. The van der Waals surface area contributed by atoms with Crippen LogP contribution in [0.4, 0.5) is 0 Å². The lowest BCUT2D eigenvalue weighted by molar-refractivity contribution is 0.0654. The van der Waals surface area contributed by atoms with Gasteiger partial charge in [-0.1, -0.05) is 6.42 Å². The number of guanidine groups is 1. The highest BCUT2D eigenvalue weighted by Crippen LogP contribution is 2.56. The first-order chi connectivity index (χ1) is 12.2. The lowest BCUT2D eigenvalue weighted by Crippen LogP contribution is -2.55. The van der Waals surface area contributed by atoms with Crippen molar-refractivity contribution in [1.29, 1.82) is 0 Å². The molecule has 2 heterocycles. The summed E-state index contributed by atoms with van der Waals surface area (Å²) in [6, 6.07) is 3.48. The number of carbonyl (C=O) groups excluding carboxylic acids is 1. The van der Waals surface area contributed by atoms with Gasteiger partial charge in [-0.3, -0.25) is 9.79 Å². The van der Waals surface area contributed by atoms with E-state index in [1.165, 1.54) is 32.1 Å². The van der Waals surface area contributed by atoms with Crippen LogP contribution in [-0.2, 0) is 0 Å². The molecule has 1 aromatic rings. The van der Waals surface area contributed by atoms with E-state index in [4.69, 9.17) is 4.42 Å². The number of piperazine rings is 1. The Bertz CT molecular complexity index is 630. The molecule has 2 saturated carbocycles. The molecule has 1 aromatic heterocycles. The predicted octanol–water partition coefficient (Wildman–Crippen LogP) is 2.81. The van der Waals surface area contributed by atoms with Gasteiger partial charge in [0.25, 0.3) is 5.91 Å². The van der Waals surface area contributed by atoms with E-state index in [9.17, 15) is 4.79 Å². The van der Waals surface area contributed by atoms with Gasteiger partial charge in [0, 0.05) is 39.8 Å². The maximum absolute atomic E-state index is 12.4. The van der Waals surface area contributed by atoms with E-state index in [0.29, 0.717) is 24.3 Å². The molecule has 0 bridgehead atoms. The van der Waals surface area contributed by atoms with Gasteiger partial charge in [0.15, 0.2) is 11.7 Å². The Hall–Kier alpha value is -1.25. The molecule has 1 saturated heterocycles. The average Bonchev–Trinajstić information content (AvgIpc) is 3.30. The lowest BCUT2D eigenvalue weighted by atomic mass is 9.65. The number of nitrogens with zero attached hydrogens (tertiary/aromatic N) is 3. The van der Waals surface area contributed by atoms with Crippen LogP contribution < -0.4 is 5.32 Å². The van der Waals surface area contributed by atoms with Gasteiger partial charge in [0.2, 0.25) is 0 Å². The van der Waals surface area contributed by atoms with Gasteiger partial charge in [-0.05, 0) is 49.1 Å². The van der Waals surface area contributed by atoms with E-state index < -0.39 is 0 Å². The molecule has 3 fully saturated rings. The van der Waals surface area contributed by atoms with Gasteiger partial charge in [0.05, 0.1) is 6.26 Å². The minimum Gasteiger partial charge on any atom is -0.459 e. The van der Waals surface area contributed by atoms with E-state index in [-0.39, 0.29) is 29.9 Å². The fraction of sp³-hybridized carbons (Fsp3) is 0.684. The van der Waals surface area contributed by atoms with Gasteiger partial charge in [-0.25, -0.2) is 0 Å². The molecule has 3 aliphatic rings. The number of halogens is 1. The van der Waals surface area contributed by atoms with Crippen LogP contribution in [0.5, 0.6) is 0 Å². The largest absolute Gasteiger partial charge is 0.459 e. The van der Waals surface area contributed by atoms with Crippen LogP contribution >= 0.6 is 24.0 Å². The van der Waals surface area contributed by atoms with E-state index >= 15 is 0 Å². The first-order valence-corrected chi connectivity index (χ1v) is 9.50. The van der Waals surface area contributed by atoms with Crippen LogP contribution in [0, 0.1) is 11.3 Å². The Kier molecular flexibility index (Phi) is 6.14. The number of nitrogens with one attached hydrogen (secondary N) is 1. The number of aliphatic imine (C=N–C) groups is 1. The predicted molar refractivity (Wildman–Crippen MR) is 112 cm³/mol. The minimum absolute atomic E-state index is 0. The molecular formula is C19H29IN4O2. The van der Waals surface area contributed by atoms with E-state index in [0.717, 1.165) is 31.5 Å². The molecule has 4 rings (SSSR count). The number of rotatable bonds is 4. The van der Waals surface area contributed by atoms with Gasteiger partial charge >= 0.3 is 0 Å². The van der Waals surface area contributed by atoms with Crippen molar-refractivity contribution in [3.63, 3.8) is 0 Å². The molecule has 1 amide bonds. The third kappa shape index (κ3) is 3.87. The average molecular weight is 472 g/mol. The van der Waals surface area contributed by atoms with E-state index in [1.807, 2.05) is 11.9 Å². The van der Waals surface area contributed by atoms with Crippen LogP contribution in [0.25, 0.3) is 0 Å². The zero-order chi connectivity index (χ0) is 17.3. The summed E-state index contributed by atoms with van der Waals surface area (Å²) >= 11 is 0. The molecule has 0 radical (unpaired) electrons. The van der Waals surface area contributed by atoms with Crippen LogP contribution in [0.15, 0.2) is 27.8 Å². The molecule has 0 spiro atoms. The van der Waals surface area contributed by atoms with Gasteiger partial charge < -0.3 is 19.5 Å². The second kappa shape index (κ2) is 8.19. The first kappa shape index (κ1) is 19.5. The van der Waals surface area contributed by atoms with Crippen molar-refractivity contribution in [2.45, 2.75) is 32.1 Å². The van der Waals surface area contributed by atoms with Crippen molar-refractivity contribution in [2.75, 3.05) is 39.8 Å². The van der Waals surface area contributed by atoms with E-state index in [2.05, 4.69) is 15.2 Å². The molecule has 26 heavy (non-hydrogen) atoms. The van der Waals surface area contributed by atoms with E-state index in [1.54, 1.807) is 18.4 Å². The van der Waals surface area contributed by atoms with Crippen LogP contribution in [0.1, 0.15) is 42.7 Å². The van der Waals surface area contributed by atoms with Gasteiger partial charge in [-0.15, -0.1) is 24.0 Å². The summed E-state index contributed by atoms with van der Waals surface area (Å²) in [6.07, 6.45) is 8.48. The molecular weight excluding hydrogens is 443 g/mol. The molecule has 6 nitrogen and oxygen atoms in total. The lowest BCUT2D eigenvalue weighted by Gasteiger charge is -2.44. The monoisotopic (exact) mass is 472 g/mol. The Balaban J connectivity index is 0.00000196. The Morgan fingerprint density at radius 2 is 1.96 bits per heavy atom. The number of carbonyl (C=O) groups is 1. The molecule has 0 unspecified atom stereocenters. The third-order valence-electron chi connectivity index (χ3n) is 6.20. The zero-order valence-corrected chi connectivity index (χ0v) is 17.8. The summed E-state index contributed by atoms with van der Waals surface area (Å²) in [4.78, 5) is 21.0. The quantitative estimate of drug-likeness (QED) is 0.416. The third-order valence-corrected chi connectivity index (χ3v) is 6.20. The van der Waals surface area contributed by atoms with Crippen molar-refractivity contribution in [3.8, 4) is 0 Å². The number of hydrogen-bond acceptors (Lipinski definition) is 3. The maximum atomic E-state index is 12.4. The fourth-order valence-electron chi connectivity index (χ4n) is 4.32. The van der Waals surface area contributed by atoms with Crippen LogP contribution in [0.3, 0.4) is 0 Å². The van der Waals surface area contributed by atoms with Gasteiger partial charge in [0.1, 0.15) is 0 Å². The standard InChI is InChI=1S/C19H28N4O2.HI/c1-20-18(21-14-19(7-3-8-19)15-5-6-15)23-11-9-22(10-12-23)17(24)16-4-2-13-25-16;/h2,4,13,15H,3,5-12,14H2,1H3,(H,20,21);1H. The summed E-state index contributed by atoms with van der Waals surface area (Å²) < 4.78 is 5.23. The molecule has 144 valence electrons. The summed E-state index contributed by atoms with van der Waals surface area (Å²) in [5.41, 5.74) is 0.535. The smallest absolute Gasteiger partial charge is 0.289 e. The first-order valence-electron chi connectivity index (χ1n) is 9.50. The highest BCUT2D eigenvalue weighted by atomic mass is 127. The van der Waals surface area contributed by atoms with Crippen molar-refractivity contribution in [1.82, 2.24) is 15.1 Å².